The molecule has 0 aromatic heterocycles. The Hall–Kier alpha value is -0.860. The highest BCUT2D eigenvalue weighted by Gasteiger charge is 2.11. The van der Waals surface area contributed by atoms with Crippen LogP contribution in [0.3, 0.4) is 0 Å². The summed E-state index contributed by atoms with van der Waals surface area (Å²) in [5.41, 5.74) is 9.56. The standard InChI is InChI=1S/C10H13NO/c1-7(11)8-2-3-9-5-12-6-10(9)4-8/h2-4,7H,5-6,11H2,1H3/t7-/m1/s1. The van der Waals surface area contributed by atoms with E-state index in [2.05, 4.69) is 18.2 Å². The molecule has 64 valence electrons. The molecule has 1 aliphatic rings. The van der Waals surface area contributed by atoms with Crippen LogP contribution in [0.5, 0.6) is 0 Å². The SMILES string of the molecule is C[C@@H](N)c1ccc2c(c1)COC2. The van der Waals surface area contributed by atoms with E-state index >= 15 is 0 Å². The first kappa shape index (κ1) is 7.77. The molecule has 1 aromatic carbocycles. The third-order valence-electron chi connectivity index (χ3n) is 2.27. The molecule has 0 spiro atoms. The quantitative estimate of drug-likeness (QED) is 0.684. The fourth-order valence-corrected chi connectivity index (χ4v) is 1.48. The van der Waals surface area contributed by atoms with E-state index in [1.807, 2.05) is 6.92 Å². The summed E-state index contributed by atoms with van der Waals surface area (Å²) in [5, 5.41) is 0. The van der Waals surface area contributed by atoms with Crippen LogP contribution in [0.1, 0.15) is 29.7 Å². The molecule has 2 heteroatoms. The fourth-order valence-electron chi connectivity index (χ4n) is 1.48. The number of benzene rings is 1. The van der Waals surface area contributed by atoms with Gasteiger partial charge in [0.05, 0.1) is 13.2 Å². The van der Waals surface area contributed by atoms with E-state index in [1.54, 1.807) is 0 Å². The maximum atomic E-state index is 5.77. The molecule has 2 N–H and O–H groups in total. The highest BCUT2D eigenvalue weighted by molar-refractivity contribution is 5.34. The van der Waals surface area contributed by atoms with Crippen LogP contribution in [-0.4, -0.2) is 0 Å². The summed E-state index contributed by atoms with van der Waals surface area (Å²) in [6.45, 7) is 3.50. The van der Waals surface area contributed by atoms with E-state index in [0.717, 1.165) is 13.2 Å². The number of fused-ring (bicyclic) bond motifs is 1. The highest BCUT2D eigenvalue weighted by Crippen LogP contribution is 2.22. The zero-order valence-corrected chi connectivity index (χ0v) is 7.21. The summed E-state index contributed by atoms with van der Waals surface area (Å²) in [4.78, 5) is 0. The largest absolute Gasteiger partial charge is 0.372 e. The second-order valence-electron chi connectivity index (χ2n) is 3.31. The summed E-state index contributed by atoms with van der Waals surface area (Å²) in [6.07, 6.45) is 0. The first-order chi connectivity index (χ1) is 5.77. The Morgan fingerprint density at radius 3 is 2.83 bits per heavy atom. The van der Waals surface area contributed by atoms with E-state index in [-0.39, 0.29) is 6.04 Å². The van der Waals surface area contributed by atoms with Crippen molar-refractivity contribution in [3.05, 3.63) is 34.9 Å². The molecule has 0 aliphatic carbocycles. The van der Waals surface area contributed by atoms with Gasteiger partial charge in [0.25, 0.3) is 0 Å². The van der Waals surface area contributed by atoms with Gasteiger partial charge in [-0.3, -0.25) is 0 Å². The van der Waals surface area contributed by atoms with Crippen LogP contribution in [0.2, 0.25) is 0 Å². The second kappa shape index (κ2) is 2.88. The van der Waals surface area contributed by atoms with Crippen molar-refractivity contribution in [3.8, 4) is 0 Å². The molecular weight excluding hydrogens is 150 g/mol. The van der Waals surface area contributed by atoms with Gasteiger partial charge in [0, 0.05) is 6.04 Å². The Kier molecular flexibility index (Phi) is 1.87. The van der Waals surface area contributed by atoms with Crippen LogP contribution in [0.25, 0.3) is 0 Å². The fraction of sp³-hybridized carbons (Fsp3) is 0.400. The Labute approximate surface area is 72.3 Å². The first-order valence-corrected chi connectivity index (χ1v) is 4.22. The minimum atomic E-state index is 0.121. The molecule has 1 aromatic rings. The predicted octanol–water partition coefficient (Wildman–Crippen LogP) is 1.74. The number of rotatable bonds is 1. The molecule has 2 nitrogen and oxygen atoms in total. The van der Waals surface area contributed by atoms with Crippen LogP contribution >= 0.6 is 0 Å². The normalized spacial score (nSPS) is 17.5. The van der Waals surface area contributed by atoms with E-state index in [4.69, 9.17) is 10.5 Å². The predicted molar refractivity (Wildman–Crippen MR) is 47.5 cm³/mol. The summed E-state index contributed by atoms with van der Waals surface area (Å²) < 4.78 is 5.31. The average molecular weight is 163 g/mol. The van der Waals surface area contributed by atoms with Crippen molar-refractivity contribution in [2.45, 2.75) is 26.2 Å². The van der Waals surface area contributed by atoms with Gasteiger partial charge in [0.15, 0.2) is 0 Å². The Morgan fingerprint density at radius 1 is 1.33 bits per heavy atom. The maximum absolute atomic E-state index is 5.77. The Balaban J connectivity index is 2.39. The molecule has 0 radical (unpaired) electrons. The van der Waals surface area contributed by atoms with E-state index in [1.165, 1.54) is 16.7 Å². The zero-order valence-electron chi connectivity index (χ0n) is 7.21. The number of hydrogen-bond donors (Lipinski definition) is 1. The smallest absolute Gasteiger partial charge is 0.0725 e. The topological polar surface area (TPSA) is 35.2 Å². The van der Waals surface area contributed by atoms with Crippen LogP contribution in [0.15, 0.2) is 18.2 Å². The molecule has 0 saturated carbocycles. The third-order valence-corrected chi connectivity index (χ3v) is 2.27. The van der Waals surface area contributed by atoms with Gasteiger partial charge in [0.2, 0.25) is 0 Å². The lowest BCUT2D eigenvalue weighted by Crippen LogP contribution is -2.05. The summed E-state index contributed by atoms with van der Waals surface area (Å²) in [6, 6.07) is 6.46. The van der Waals surface area contributed by atoms with Crippen LogP contribution < -0.4 is 5.73 Å². The van der Waals surface area contributed by atoms with E-state index in [9.17, 15) is 0 Å². The Morgan fingerprint density at radius 2 is 2.08 bits per heavy atom. The molecule has 1 atom stereocenters. The number of nitrogens with two attached hydrogens (primary N) is 1. The highest BCUT2D eigenvalue weighted by atomic mass is 16.5. The minimum Gasteiger partial charge on any atom is -0.372 e. The van der Waals surface area contributed by atoms with Gasteiger partial charge >= 0.3 is 0 Å². The van der Waals surface area contributed by atoms with Crippen molar-refractivity contribution in [2.24, 2.45) is 5.73 Å². The lowest BCUT2D eigenvalue weighted by Gasteiger charge is -2.06. The van der Waals surface area contributed by atoms with Crippen molar-refractivity contribution in [1.29, 1.82) is 0 Å². The molecule has 12 heavy (non-hydrogen) atoms. The Bertz CT molecular complexity index is 294. The molecule has 0 fully saturated rings. The monoisotopic (exact) mass is 163 g/mol. The van der Waals surface area contributed by atoms with Crippen molar-refractivity contribution < 1.29 is 4.74 Å². The number of hydrogen-bond acceptors (Lipinski definition) is 2. The van der Waals surface area contributed by atoms with Gasteiger partial charge in [-0.1, -0.05) is 18.2 Å². The van der Waals surface area contributed by atoms with Crippen LogP contribution in [0, 0.1) is 0 Å². The molecule has 1 heterocycles. The lowest BCUT2D eigenvalue weighted by molar-refractivity contribution is 0.134. The molecule has 0 saturated heterocycles. The molecule has 0 bridgehead atoms. The molecule has 0 unspecified atom stereocenters. The summed E-state index contributed by atoms with van der Waals surface area (Å²) in [7, 11) is 0. The van der Waals surface area contributed by atoms with Crippen molar-refractivity contribution in [3.63, 3.8) is 0 Å². The zero-order chi connectivity index (χ0) is 8.55. The number of ether oxygens (including phenoxy) is 1. The van der Waals surface area contributed by atoms with Crippen molar-refractivity contribution in [1.82, 2.24) is 0 Å². The maximum Gasteiger partial charge on any atom is 0.0725 e. The van der Waals surface area contributed by atoms with Gasteiger partial charge in [-0.25, -0.2) is 0 Å². The summed E-state index contributed by atoms with van der Waals surface area (Å²) >= 11 is 0. The third kappa shape index (κ3) is 1.24. The van der Waals surface area contributed by atoms with E-state index in [0.29, 0.717) is 0 Å². The lowest BCUT2D eigenvalue weighted by atomic mass is 10.0. The van der Waals surface area contributed by atoms with Gasteiger partial charge in [-0.15, -0.1) is 0 Å². The molecule has 0 amide bonds. The second-order valence-corrected chi connectivity index (χ2v) is 3.31. The van der Waals surface area contributed by atoms with Gasteiger partial charge in [-0.05, 0) is 23.6 Å². The minimum absolute atomic E-state index is 0.121. The van der Waals surface area contributed by atoms with Gasteiger partial charge in [0.1, 0.15) is 0 Å². The van der Waals surface area contributed by atoms with Crippen molar-refractivity contribution in [2.75, 3.05) is 0 Å². The summed E-state index contributed by atoms with van der Waals surface area (Å²) in [5.74, 6) is 0. The molecule has 2 rings (SSSR count). The van der Waals surface area contributed by atoms with E-state index < -0.39 is 0 Å². The van der Waals surface area contributed by atoms with Crippen molar-refractivity contribution >= 4 is 0 Å². The average Bonchev–Trinajstić information content (AvgIpc) is 2.49. The van der Waals surface area contributed by atoms with Gasteiger partial charge < -0.3 is 10.5 Å². The van der Waals surface area contributed by atoms with Crippen LogP contribution in [-0.2, 0) is 18.0 Å². The molecule has 1 aliphatic heterocycles. The first-order valence-electron chi connectivity index (χ1n) is 4.22. The van der Waals surface area contributed by atoms with Gasteiger partial charge in [-0.2, -0.15) is 0 Å². The van der Waals surface area contributed by atoms with Crippen LogP contribution in [0.4, 0.5) is 0 Å². The molecular formula is C10H13NO.